The van der Waals surface area contributed by atoms with Crippen molar-refractivity contribution in [1.82, 2.24) is 5.16 Å². The van der Waals surface area contributed by atoms with Gasteiger partial charge in [-0.15, -0.1) is 0 Å². The SMILES string of the molecule is CC(C)(c1cc(C(=O)O)no1)c1ccccc1Cl. The fourth-order valence-corrected chi connectivity index (χ4v) is 2.14. The van der Waals surface area contributed by atoms with Crippen molar-refractivity contribution in [2.75, 3.05) is 0 Å². The quantitative estimate of drug-likeness (QED) is 0.924. The number of carbonyl (C=O) groups is 1. The molecule has 0 radical (unpaired) electrons. The first-order valence-corrected chi connectivity index (χ1v) is 5.76. The third-order valence-electron chi connectivity index (χ3n) is 2.89. The van der Waals surface area contributed by atoms with E-state index in [1.54, 1.807) is 6.07 Å². The number of rotatable bonds is 3. The highest BCUT2D eigenvalue weighted by Gasteiger charge is 2.30. The molecule has 0 amide bonds. The summed E-state index contributed by atoms with van der Waals surface area (Å²) in [5.74, 6) is -0.645. The molecule has 18 heavy (non-hydrogen) atoms. The molecule has 1 N–H and O–H groups in total. The number of aromatic nitrogens is 1. The molecule has 0 saturated heterocycles. The van der Waals surface area contributed by atoms with E-state index in [1.165, 1.54) is 6.07 Å². The third kappa shape index (κ3) is 2.11. The molecular weight excluding hydrogens is 254 g/mol. The maximum atomic E-state index is 10.8. The lowest BCUT2D eigenvalue weighted by molar-refractivity contribution is 0.0685. The summed E-state index contributed by atoms with van der Waals surface area (Å²) in [7, 11) is 0. The Labute approximate surface area is 109 Å². The molecule has 0 aliphatic rings. The number of hydrogen-bond donors (Lipinski definition) is 1. The Kier molecular flexibility index (Phi) is 3.13. The van der Waals surface area contributed by atoms with Crippen LogP contribution in [0.25, 0.3) is 0 Å². The van der Waals surface area contributed by atoms with Crippen molar-refractivity contribution in [1.29, 1.82) is 0 Å². The number of aromatic carboxylic acids is 1. The maximum absolute atomic E-state index is 10.8. The maximum Gasteiger partial charge on any atom is 0.358 e. The molecule has 94 valence electrons. The van der Waals surface area contributed by atoms with Gasteiger partial charge in [-0.25, -0.2) is 4.79 Å². The van der Waals surface area contributed by atoms with Gasteiger partial charge in [0.2, 0.25) is 0 Å². The number of nitrogens with zero attached hydrogens (tertiary/aromatic N) is 1. The summed E-state index contributed by atoms with van der Waals surface area (Å²) in [5.41, 5.74) is 0.212. The van der Waals surface area contributed by atoms with Crippen molar-refractivity contribution >= 4 is 17.6 Å². The summed E-state index contributed by atoms with van der Waals surface area (Å²) in [6.45, 7) is 3.81. The van der Waals surface area contributed by atoms with E-state index in [2.05, 4.69) is 5.16 Å². The molecule has 5 heteroatoms. The molecule has 1 aromatic heterocycles. The van der Waals surface area contributed by atoms with Crippen LogP contribution in [-0.4, -0.2) is 16.2 Å². The minimum absolute atomic E-state index is 0.106. The number of carboxylic acids is 1. The minimum Gasteiger partial charge on any atom is -0.476 e. The van der Waals surface area contributed by atoms with Crippen LogP contribution in [0.4, 0.5) is 0 Å². The van der Waals surface area contributed by atoms with E-state index < -0.39 is 11.4 Å². The van der Waals surface area contributed by atoms with Crippen molar-refractivity contribution in [3.8, 4) is 0 Å². The topological polar surface area (TPSA) is 63.3 Å². The van der Waals surface area contributed by atoms with E-state index in [9.17, 15) is 4.79 Å². The highest BCUT2D eigenvalue weighted by molar-refractivity contribution is 6.31. The van der Waals surface area contributed by atoms with Gasteiger partial charge in [-0.3, -0.25) is 0 Å². The standard InChI is InChI=1S/C13H12ClNO3/c1-13(2,8-5-3-4-6-9(8)14)11-7-10(12(16)17)15-18-11/h3-7H,1-2H3,(H,16,17). The van der Waals surface area contributed by atoms with Crippen molar-refractivity contribution in [3.63, 3.8) is 0 Å². The van der Waals surface area contributed by atoms with Crippen molar-refractivity contribution in [2.24, 2.45) is 0 Å². The third-order valence-corrected chi connectivity index (χ3v) is 3.22. The van der Waals surface area contributed by atoms with E-state index >= 15 is 0 Å². The summed E-state index contributed by atoms with van der Waals surface area (Å²) >= 11 is 6.15. The second kappa shape index (κ2) is 4.46. The van der Waals surface area contributed by atoms with Crippen molar-refractivity contribution in [3.05, 3.63) is 52.4 Å². The molecule has 0 unspecified atom stereocenters. The van der Waals surface area contributed by atoms with Gasteiger partial charge in [-0.1, -0.05) is 35.0 Å². The smallest absolute Gasteiger partial charge is 0.358 e. The lowest BCUT2D eigenvalue weighted by Gasteiger charge is -2.22. The van der Waals surface area contributed by atoms with Crippen molar-refractivity contribution in [2.45, 2.75) is 19.3 Å². The Morgan fingerprint density at radius 1 is 1.39 bits per heavy atom. The van der Waals surface area contributed by atoms with Gasteiger partial charge in [0.1, 0.15) is 5.76 Å². The van der Waals surface area contributed by atoms with Crippen LogP contribution in [0, 0.1) is 0 Å². The van der Waals surface area contributed by atoms with Crippen LogP contribution >= 0.6 is 11.6 Å². The van der Waals surface area contributed by atoms with Gasteiger partial charge in [-0.05, 0) is 25.5 Å². The lowest BCUT2D eigenvalue weighted by atomic mass is 9.82. The van der Waals surface area contributed by atoms with Crippen LogP contribution in [0.1, 0.15) is 35.7 Å². The molecule has 0 spiro atoms. The zero-order valence-corrected chi connectivity index (χ0v) is 10.7. The second-order valence-corrected chi connectivity index (χ2v) is 4.89. The molecule has 1 heterocycles. The molecule has 0 atom stereocenters. The second-order valence-electron chi connectivity index (χ2n) is 4.49. The Morgan fingerprint density at radius 3 is 2.61 bits per heavy atom. The lowest BCUT2D eigenvalue weighted by Crippen LogP contribution is -2.18. The predicted octanol–water partition coefficient (Wildman–Crippen LogP) is 3.35. The summed E-state index contributed by atoms with van der Waals surface area (Å²) < 4.78 is 5.11. The highest BCUT2D eigenvalue weighted by Crippen LogP contribution is 2.35. The van der Waals surface area contributed by atoms with E-state index in [1.807, 2.05) is 32.0 Å². The first kappa shape index (κ1) is 12.6. The molecule has 0 bridgehead atoms. The van der Waals surface area contributed by atoms with E-state index in [-0.39, 0.29) is 5.69 Å². The number of carboxylic acid groups (broad SMARTS) is 1. The van der Waals surface area contributed by atoms with Crippen LogP contribution in [0.2, 0.25) is 5.02 Å². The van der Waals surface area contributed by atoms with Crippen LogP contribution in [0.3, 0.4) is 0 Å². The molecule has 0 aliphatic heterocycles. The van der Waals surface area contributed by atoms with E-state index in [4.69, 9.17) is 21.2 Å². The van der Waals surface area contributed by atoms with Crippen LogP contribution in [-0.2, 0) is 5.41 Å². The molecule has 2 aromatic rings. The first-order valence-electron chi connectivity index (χ1n) is 5.38. The fourth-order valence-electron chi connectivity index (χ4n) is 1.77. The zero-order chi connectivity index (χ0) is 13.3. The van der Waals surface area contributed by atoms with Crippen LogP contribution < -0.4 is 0 Å². The van der Waals surface area contributed by atoms with Gasteiger partial charge in [0.05, 0.1) is 5.41 Å². The molecule has 0 fully saturated rings. The van der Waals surface area contributed by atoms with Gasteiger partial charge in [0, 0.05) is 11.1 Å². The average Bonchev–Trinajstić information content (AvgIpc) is 2.79. The van der Waals surface area contributed by atoms with Crippen molar-refractivity contribution < 1.29 is 14.4 Å². The monoisotopic (exact) mass is 265 g/mol. The fraction of sp³-hybridized carbons (Fsp3) is 0.231. The van der Waals surface area contributed by atoms with Gasteiger partial charge in [0.25, 0.3) is 0 Å². The summed E-state index contributed by atoms with van der Waals surface area (Å²) in [6, 6.07) is 8.80. The predicted molar refractivity (Wildman–Crippen MR) is 67.0 cm³/mol. The largest absolute Gasteiger partial charge is 0.476 e. The van der Waals surface area contributed by atoms with Crippen LogP contribution in [0.15, 0.2) is 34.9 Å². The Bertz CT molecular complexity index is 589. The average molecular weight is 266 g/mol. The molecule has 4 nitrogen and oxygen atoms in total. The number of benzene rings is 1. The Hall–Kier alpha value is -1.81. The Morgan fingerprint density at radius 2 is 2.06 bits per heavy atom. The minimum atomic E-state index is -1.11. The molecule has 1 aromatic carbocycles. The Balaban J connectivity index is 2.47. The first-order chi connectivity index (χ1) is 8.43. The number of halogens is 1. The number of hydrogen-bond acceptors (Lipinski definition) is 3. The molecule has 0 aliphatic carbocycles. The molecular formula is C13H12ClNO3. The summed E-state index contributed by atoms with van der Waals surface area (Å²) in [5, 5.41) is 13.0. The normalized spacial score (nSPS) is 11.5. The molecule has 2 rings (SSSR count). The van der Waals surface area contributed by atoms with E-state index in [0.717, 1.165) is 5.56 Å². The van der Waals surface area contributed by atoms with Gasteiger partial charge in [-0.2, -0.15) is 0 Å². The zero-order valence-electron chi connectivity index (χ0n) is 9.98. The summed E-state index contributed by atoms with van der Waals surface area (Å²) in [6.07, 6.45) is 0. The van der Waals surface area contributed by atoms with Gasteiger partial charge in [0.15, 0.2) is 5.69 Å². The molecule has 0 saturated carbocycles. The summed E-state index contributed by atoms with van der Waals surface area (Å²) in [4.78, 5) is 10.8. The van der Waals surface area contributed by atoms with Gasteiger partial charge < -0.3 is 9.63 Å². The van der Waals surface area contributed by atoms with Gasteiger partial charge >= 0.3 is 5.97 Å². The highest BCUT2D eigenvalue weighted by atomic mass is 35.5. The van der Waals surface area contributed by atoms with Crippen LogP contribution in [0.5, 0.6) is 0 Å². The van der Waals surface area contributed by atoms with E-state index in [0.29, 0.717) is 10.8 Å².